The van der Waals surface area contributed by atoms with Crippen molar-refractivity contribution in [3.05, 3.63) is 0 Å². The fourth-order valence-corrected chi connectivity index (χ4v) is 1.76. The Kier molecular flexibility index (Phi) is 4.40. The van der Waals surface area contributed by atoms with Crippen LogP contribution >= 0.6 is 0 Å². The normalized spacial score (nSPS) is 42.1. The van der Waals surface area contributed by atoms with Gasteiger partial charge in [0, 0.05) is 0 Å². The summed E-state index contributed by atoms with van der Waals surface area (Å²) >= 11 is 0. The summed E-state index contributed by atoms with van der Waals surface area (Å²) in [6.45, 7) is -0.658. The molecule has 9 heteroatoms. The van der Waals surface area contributed by atoms with E-state index in [-0.39, 0.29) is 0 Å². The molecule has 8 nitrogen and oxygen atoms in total. The van der Waals surface area contributed by atoms with Crippen molar-refractivity contribution in [2.24, 2.45) is 0 Å². The van der Waals surface area contributed by atoms with Crippen LogP contribution < -0.4 is 0 Å². The summed E-state index contributed by atoms with van der Waals surface area (Å²) in [5.74, 6) is 0. The van der Waals surface area contributed by atoms with Crippen LogP contribution in [0.3, 0.4) is 0 Å². The molecule has 5 atom stereocenters. The van der Waals surface area contributed by atoms with E-state index in [4.69, 9.17) is 15.3 Å². The van der Waals surface area contributed by atoms with Gasteiger partial charge in [0.15, 0.2) is 6.29 Å². The van der Waals surface area contributed by atoms with Crippen LogP contribution in [0.5, 0.6) is 0 Å². The van der Waals surface area contributed by atoms with Gasteiger partial charge in [-0.2, -0.15) is 0 Å². The molecule has 0 aromatic rings. The van der Waals surface area contributed by atoms with Gasteiger partial charge in [-0.25, -0.2) is 8.42 Å². The van der Waals surface area contributed by atoms with Gasteiger partial charge in [-0.15, -0.1) is 0 Å². The van der Waals surface area contributed by atoms with Crippen molar-refractivity contribution in [3.8, 4) is 0 Å². The zero-order chi connectivity index (χ0) is 11.6. The van der Waals surface area contributed by atoms with Crippen LogP contribution in [0.25, 0.3) is 0 Å². The van der Waals surface area contributed by atoms with Crippen molar-refractivity contribution in [2.75, 3.05) is 6.61 Å². The first-order valence-electron chi connectivity index (χ1n) is 4.09. The van der Waals surface area contributed by atoms with E-state index in [9.17, 15) is 13.5 Å². The summed E-state index contributed by atoms with van der Waals surface area (Å²) in [5.41, 5.74) is 0. The van der Waals surface area contributed by atoms with Gasteiger partial charge in [0.25, 0.3) is 11.0 Å². The Hall–Kier alpha value is -0.290. The second-order valence-corrected chi connectivity index (χ2v) is 3.68. The third-order valence-corrected chi connectivity index (χ3v) is 2.46. The molecule has 0 bridgehead atoms. The van der Waals surface area contributed by atoms with Gasteiger partial charge in [-0.3, -0.25) is 4.18 Å². The van der Waals surface area contributed by atoms with Crippen molar-refractivity contribution in [1.29, 1.82) is 0 Å². The van der Waals surface area contributed by atoms with Crippen LogP contribution in [-0.4, -0.2) is 66.2 Å². The second-order valence-electron chi connectivity index (χ2n) is 3.02. The Morgan fingerprint density at radius 1 is 1.20 bits per heavy atom. The third-order valence-electron chi connectivity index (χ3n) is 2.05. The van der Waals surface area contributed by atoms with Crippen LogP contribution in [0, 0.1) is 0 Å². The number of aliphatic hydroxyl groups excluding tert-OH is 4. The minimum absolute atomic E-state index is 0.658. The quantitative estimate of drug-likeness (QED) is 0.321. The molecule has 3 unspecified atom stereocenters. The van der Waals surface area contributed by atoms with Gasteiger partial charge in [-0.1, -0.05) is 0 Å². The van der Waals surface area contributed by atoms with Crippen molar-refractivity contribution >= 4 is 11.0 Å². The molecule has 0 spiro atoms. The van der Waals surface area contributed by atoms with E-state index in [2.05, 4.69) is 8.92 Å². The van der Waals surface area contributed by atoms with Crippen molar-refractivity contribution < 1.29 is 37.8 Å². The standard InChI is InChI=1S/C6H12O8S/c7-1-2-5(14-15(11)12)3(8)4(9)6(10)13-2/h2-10,15H,1H2/t2?,3-,4?,5-,6?/m0/s1. The molecule has 15 heavy (non-hydrogen) atoms. The smallest absolute Gasteiger partial charge is 0.257 e. The van der Waals surface area contributed by atoms with Crippen LogP contribution in [-0.2, 0) is 19.9 Å². The molecular formula is C6H12O8S. The highest BCUT2D eigenvalue weighted by Crippen LogP contribution is 2.22. The van der Waals surface area contributed by atoms with Gasteiger partial charge in [0.05, 0.1) is 6.61 Å². The van der Waals surface area contributed by atoms with Crippen LogP contribution in [0.4, 0.5) is 0 Å². The summed E-state index contributed by atoms with van der Waals surface area (Å²) in [6, 6.07) is 0. The monoisotopic (exact) mass is 244 g/mol. The largest absolute Gasteiger partial charge is 0.394 e. The molecule has 4 N–H and O–H groups in total. The molecule has 90 valence electrons. The third kappa shape index (κ3) is 2.84. The summed E-state index contributed by atoms with van der Waals surface area (Å²) in [6.07, 6.45) is -7.69. The zero-order valence-electron chi connectivity index (χ0n) is 7.46. The molecule has 0 amide bonds. The lowest BCUT2D eigenvalue weighted by Crippen LogP contribution is -2.59. The maximum atomic E-state index is 10.3. The highest BCUT2D eigenvalue weighted by atomic mass is 32.2. The van der Waals surface area contributed by atoms with Gasteiger partial charge < -0.3 is 25.2 Å². The van der Waals surface area contributed by atoms with E-state index < -0.39 is 48.3 Å². The highest BCUT2D eigenvalue weighted by molar-refractivity contribution is 7.67. The molecule has 0 radical (unpaired) electrons. The first kappa shape index (κ1) is 12.8. The van der Waals surface area contributed by atoms with Gasteiger partial charge >= 0.3 is 0 Å². The molecule has 0 saturated carbocycles. The molecular weight excluding hydrogens is 232 g/mol. The number of ether oxygens (including phenoxy) is 1. The number of hydrogen-bond donors (Lipinski definition) is 5. The number of rotatable bonds is 3. The lowest BCUT2D eigenvalue weighted by molar-refractivity contribution is -0.281. The predicted octanol–water partition coefficient (Wildman–Crippen LogP) is -3.67. The lowest BCUT2D eigenvalue weighted by Gasteiger charge is -2.38. The molecule has 1 aliphatic rings. The van der Waals surface area contributed by atoms with E-state index in [0.717, 1.165) is 0 Å². The molecule has 1 aliphatic heterocycles. The number of aliphatic hydroxyl groups is 4. The van der Waals surface area contributed by atoms with Gasteiger partial charge in [0.2, 0.25) is 0 Å². The SMILES string of the molecule is O=[SH](=O)O[C@H]1C(CO)OC(O)C(O)[C@@H]1O. The molecule has 1 saturated heterocycles. The number of thiol groups is 1. The fourth-order valence-electron chi connectivity index (χ4n) is 1.30. The van der Waals surface area contributed by atoms with Crippen LogP contribution in [0.15, 0.2) is 0 Å². The summed E-state index contributed by atoms with van der Waals surface area (Å²) < 4.78 is 29.5. The van der Waals surface area contributed by atoms with Crippen molar-refractivity contribution in [1.82, 2.24) is 0 Å². The Balaban J connectivity index is 2.79. The van der Waals surface area contributed by atoms with Crippen LogP contribution in [0.2, 0.25) is 0 Å². The Labute approximate surface area is 86.8 Å². The number of hydrogen-bond acceptors (Lipinski definition) is 8. The maximum absolute atomic E-state index is 10.3. The summed E-state index contributed by atoms with van der Waals surface area (Å²) in [5, 5.41) is 36.4. The molecule has 0 aromatic heterocycles. The van der Waals surface area contributed by atoms with E-state index in [1.165, 1.54) is 0 Å². The minimum atomic E-state index is -3.26. The first-order valence-corrected chi connectivity index (χ1v) is 5.18. The van der Waals surface area contributed by atoms with Crippen molar-refractivity contribution in [3.63, 3.8) is 0 Å². The lowest BCUT2D eigenvalue weighted by atomic mass is 9.99. The van der Waals surface area contributed by atoms with Crippen molar-refractivity contribution in [2.45, 2.75) is 30.7 Å². The average Bonchev–Trinajstić information content (AvgIpc) is 2.18. The molecule has 0 aromatic carbocycles. The first-order chi connectivity index (χ1) is 6.97. The fraction of sp³-hybridized carbons (Fsp3) is 1.00. The zero-order valence-corrected chi connectivity index (χ0v) is 8.36. The predicted molar refractivity (Wildman–Crippen MR) is 45.2 cm³/mol. The molecule has 0 aliphatic carbocycles. The summed E-state index contributed by atoms with van der Waals surface area (Å²) in [7, 11) is -3.26. The van der Waals surface area contributed by atoms with Crippen LogP contribution in [0.1, 0.15) is 0 Å². The Morgan fingerprint density at radius 3 is 2.27 bits per heavy atom. The molecule has 1 fully saturated rings. The Bertz CT molecular complexity index is 268. The maximum Gasteiger partial charge on any atom is 0.257 e. The average molecular weight is 244 g/mol. The highest BCUT2D eigenvalue weighted by Gasteiger charge is 2.45. The van der Waals surface area contributed by atoms with Gasteiger partial charge in [0.1, 0.15) is 24.4 Å². The minimum Gasteiger partial charge on any atom is -0.394 e. The molecule has 1 rings (SSSR count). The Morgan fingerprint density at radius 2 is 1.80 bits per heavy atom. The van der Waals surface area contributed by atoms with E-state index in [1.807, 2.05) is 0 Å². The van der Waals surface area contributed by atoms with E-state index >= 15 is 0 Å². The van der Waals surface area contributed by atoms with E-state index in [1.54, 1.807) is 0 Å². The topological polar surface area (TPSA) is 134 Å². The second kappa shape index (κ2) is 5.16. The van der Waals surface area contributed by atoms with Gasteiger partial charge in [-0.05, 0) is 0 Å². The van der Waals surface area contributed by atoms with E-state index in [0.29, 0.717) is 0 Å². The molecule has 1 heterocycles. The summed E-state index contributed by atoms with van der Waals surface area (Å²) in [4.78, 5) is 0.